The average Bonchev–Trinajstić information content (AvgIpc) is 2.98. The van der Waals surface area contributed by atoms with Gasteiger partial charge in [-0.05, 0) is 62.5 Å². The van der Waals surface area contributed by atoms with Gasteiger partial charge in [-0.1, -0.05) is 34.1 Å². The van der Waals surface area contributed by atoms with Crippen molar-refractivity contribution in [2.75, 3.05) is 25.1 Å². The van der Waals surface area contributed by atoms with E-state index in [1.54, 1.807) is 20.1 Å². The number of aliphatic carboxylic acids is 2. The normalized spacial score (nSPS) is 15.0. The van der Waals surface area contributed by atoms with E-state index in [0.29, 0.717) is 38.0 Å². The number of carbonyl (C=O) groups is 7. The van der Waals surface area contributed by atoms with Crippen molar-refractivity contribution in [1.82, 2.24) is 26.6 Å². The maximum absolute atomic E-state index is 13.2. The van der Waals surface area contributed by atoms with Crippen LogP contribution in [0.3, 0.4) is 0 Å². The summed E-state index contributed by atoms with van der Waals surface area (Å²) in [6.07, 6.45) is 3.15. The van der Waals surface area contributed by atoms with Crippen molar-refractivity contribution in [3.63, 3.8) is 0 Å². The molecule has 0 saturated heterocycles. The zero-order valence-corrected chi connectivity index (χ0v) is 28.2. The molecule has 6 unspecified atom stereocenters. The van der Waals surface area contributed by atoms with Crippen LogP contribution in [-0.4, -0.2) is 107 Å². The number of carboxylic acids is 2. The lowest BCUT2D eigenvalue weighted by Crippen LogP contribution is -2.58. The first-order valence-corrected chi connectivity index (χ1v) is 16.8. The Morgan fingerprint density at radius 1 is 0.783 bits per heavy atom. The van der Waals surface area contributed by atoms with Gasteiger partial charge < -0.3 is 48.3 Å². The lowest BCUT2D eigenvalue weighted by Gasteiger charge is -2.27. The molecule has 0 aliphatic heterocycles. The third-order valence-electron chi connectivity index (χ3n) is 7.11. The van der Waals surface area contributed by atoms with Crippen molar-refractivity contribution in [1.29, 1.82) is 0 Å². The van der Waals surface area contributed by atoms with Crippen molar-refractivity contribution in [3.05, 3.63) is 0 Å². The molecule has 0 aliphatic carbocycles. The molecule has 0 saturated carbocycles. The molecule has 6 atom stereocenters. The minimum absolute atomic E-state index is 0.125. The zero-order valence-electron chi connectivity index (χ0n) is 27.4. The SMILES string of the molecule is CCC(C)C(NC(=O)C(N)CC(C)C)C(=O)NC(CC(=O)O)C(=O)NCC(=O)NC(CCCCN)C(=O)NC(CCSC)C(=O)O. The van der Waals surface area contributed by atoms with Crippen molar-refractivity contribution in [2.24, 2.45) is 23.3 Å². The maximum Gasteiger partial charge on any atom is 0.326 e. The third kappa shape index (κ3) is 17.3. The zero-order chi connectivity index (χ0) is 35.4. The first-order chi connectivity index (χ1) is 21.6. The van der Waals surface area contributed by atoms with Crippen molar-refractivity contribution >= 4 is 53.2 Å². The molecule has 0 heterocycles. The average molecular weight is 676 g/mol. The predicted molar refractivity (Wildman–Crippen MR) is 173 cm³/mol. The highest BCUT2D eigenvalue weighted by molar-refractivity contribution is 7.98. The van der Waals surface area contributed by atoms with Crippen LogP contribution in [0.5, 0.6) is 0 Å². The second-order valence-corrected chi connectivity index (χ2v) is 12.6. The summed E-state index contributed by atoms with van der Waals surface area (Å²) in [4.78, 5) is 87.5. The quantitative estimate of drug-likeness (QED) is 0.0552. The molecular weight excluding hydrogens is 622 g/mol. The van der Waals surface area contributed by atoms with Gasteiger partial charge in [0.15, 0.2) is 0 Å². The first kappa shape index (κ1) is 42.6. The molecule has 0 aromatic heterocycles. The topological polar surface area (TPSA) is 272 Å². The van der Waals surface area contributed by atoms with Gasteiger partial charge >= 0.3 is 11.9 Å². The molecule has 0 aromatic carbocycles. The molecule has 0 aliphatic rings. The molecule has 11 N–H and O–H groups in total. The summed E-state index contributed by atoms with van der Waals surface area (Å²) in [5.41, 5.74) is 11.5. The van der Waals surface area contributed by atoms with E-state index in [1.807, 2.05) is 13.8 Å². The number of amides is 5. The van der Waals surface area contributed by atoms with E-state index in [9.17, 15) is 43.8 Å². The molecule has 0 spiro atoms. The van der Waals surface area contributed by atoms with Crippen LogP contribution in [0.2, 0.25) is 0 Å². The van der Waals surface area contributed by atoms with Gasteiger partial charge in [0.1, 0.15) is 24.2 Å². The highest BCUT2D eigenvalue weighted by Gasteiger charge is 2.33. The molecule has 264 valence electrons. The van der Waals surface area contributed by atoms with Crippen molar-refractivity contribution in [2.45, 2.75) is 103 Å². The number of nitrogens with one attached hydrogen (secondary N) is 5. The molecule has 17 heteroatoms. The maximum atomic E-state index is 13.2. The van der Waals surface area contributed by atoms with Crippen LogP contribution in [-0.2, 0) is 33.6 Å². The Labute approximate surface area is 274 Å². The molecular formula is C29H53N7O9S. The van der Waals surface area contributed by atoms with Gasteiger partial charge in [-0.15, -0.1) is 0 Å². The van der Waals surface area contributed by atoms with Crippen LogP contribution in [0.1, 0.15) is 72.6 Å². The highest BCUT2D eigenvalue weighted by Crippen LogP contribution is 2.11. The monoisotopic (exact) mass is 675 g/mol. The molecule has 0 rings (SSSR count). The molecule has 16 nitrogen and oxygen atoms in total. The molecule has 46 heavy (non-hydrogen) atoms. The summed E-state index contributed by atoms with van der Waals surface area (Å²) in [6.45, 7) is 6.95. The first-order valence-electron chi connectivity index (χ1n) is 15.4. The van der Waals surface area contributed by atoms with E-state index < -0.39 is 90.6 Å². The minimum atomic E-state index is -1.60. The van der Waals surface area contributed by atoms with E-state index in [2.05, 4.69) is 26.6 Å². The molecule has 0 bridgehead atoms. The minimum Gasteiger partial charge on any atom is -0.481 e. The van der Waals surface area contributed by atoms with Crippen LogP contribution >= 0.6 is 11.8 Å². The summed E-state index contributed by atoms with van der Waals surface area (Å²) in [7, 11) is 0. The number of rotatable bonds is 24. The van der Waals surface area contributed by atoms with Crippen LogP contribution in [0.15, 0.2) is 0 Å². The number of carbonyl (C=O) groups excluding carboxylic acids is 5. The second kappa shape index (κ2) is 23.0. The fourth-order valence-electron chi connectivity index (χ4n) is 4.29. The van der Waals surface area contributed by atoms with Gasteiger partial charge in [0.25, 0.3) is 0 Å². The fraction of sp³-hybridized carbons (Fsp3) is 0.759. The smallest absolute Gasteiger partial charge is 0.326 e. The Kier molecular flexibility index (Phi) is 21.3. The Bertz CT molecular complexity index is 1030. The Morgan fingerprint density at radius 3 is 1.93 bits per heavy atom. The summed E-state index contributed by atoms with van der Waals surface area (Å²) in [6, 6.07) is -5.86. The van der Waals surface area contributed by atoms with E-state index in [-0.39, 0.29) is 18.8 Å². The largest absolute Gasteiger partial charge is 0.481 e. The number of hydrogen-bond donors (Lipinski definition) is 9. The lowest BCUT2D eigenvalue weighted by molar-refractivity contribution is -0.142. The Morgan fingerprint density at radius 2 is 1.41 bits per heavy atom. The number of unbranched alkanes of at least 4 members (excludes halogenated alkanes) is 1. The third-order valence-corrected chi connectivity index (χ3v) is 7.76. The van der Waals surface area contributed by atoms with Gasteiger partial charge in [-0.2, -0.15) is 11.8 Å². The number of hydrogen-bond acceptors (Lipinski definition) is 10. The Hall–Kier alpha value is -3.44. The predicted octanol–water partition coefficient (Wildman–Crippen LogP) is -1.10. The summed E-state index contributed by atoms with van der Waals surface area (Å²) >= 11 is 1.41. The van der Waals surface area contributed by atoms with E-state index in [1.165, 1.54) is 11.8 Å². The van der Waals surface area contributed by atoms with Crippen molar-refractivity contribution < 1.29 is 43.8 Å². The summed E-state index contributed by atoms with van der Waals surface area (Å²) < 4.78 is 0. The van der Waals surface area contributed by atoms with E-state index in [0.717, 1.165) is 0 Å². The fourth-order valence-corrected chi connectivity index (χ4v) is 4.76. The van der Waals surface area contributed by atoms with Gasteiger partial charge in [-0.25, -0.2) is 4.79 Å². The lowest BCUT2D eigenvalue weighted by atomic mass is 9.96. The standard InChI is InChI=1S/C29H53N7O9S/c1-6-17(4)24(36-25(40)18(31)13-16(2)3)28(43)35-21(14-23(38)39)26(41)32-15-22(37)33-19(9-7-8-11-30)27(42)34-20(29(44)45)10-12-46-5/h16-21,24H,6-15,30-31H2,1-5H3,(H,32,41)(H,33,37)(H,34,42)(H,35,43)(H,36,40)(H,38,39)(H,44,45). The van der Waals surface area contributed by atoms with Crippen molar-refractivity contribution in [3.8, 4) is 0 Å². The molecule has 0 fully saturated rings. The molecule has 0 radical (unpaired) electrons. The molecule has 5 amide bonds. The number of thioether (sulfide) groups is 1. The number of carboxylic acid groups (broad SMARTS) is 2. The van der Waals surface area contributed by atoms with Crippen LogP contribution in [0, 0.1) is 11.8 Å². The Balaban J connectivity index is 5.59. The van der Waals surface area contributed by atoms with Crippen LogP contribution in [0.4, 0.5) is 0 Å². The van der Waals surface area contributed by atoms with Gasteiger partial charge in [0, 0.05) is 0 Å². The summed E-state index contributed by atoms with van der Waals surface area (Å²) in [5.74, 6) is -6.26. The highest BCUT2D eigenvalue weighted by atomic mass is 32.2. The van der Waals surface area contributed by atoms with E-state index in [4.69, 9.17) is 11.5 Å². The summed E-state index contributed by atoms with van der Waals surface area (Å²) in [5, 5.41) is 31.0. The second-order valence-electron chi connectivity index (χ2n) is 11.6. The van der Waals surface area contributed by atoms with Gasteiger partial charge in [-0.3, -0.25) is 28.8 Å². The number of nitrogens with two attached hydrogens (primary N) is 2. The van der Waals surface area contributed by atoms with E-state index >= 15 is 0 Å². The van der Waals surface area contributed by atoms with Crippen LogP contribution in [0.25, 0.3) is 0 Å². The molecule has 0 aromatic rings. The van der Waals surface area contributed by atoms with Crippen LogP contribution < -0.4 is 38.1 Å². The van der Waals surface area contributed by atoms with Gasteiger partial charge in [0.2, 0.25) is 29.5 Å². The van der Waals surface area contributed by atoms with Gasteiger partial charge in [0.05, 0.1) is 19.0 Å².